The van der Waals surface area contributed by atoms with E-state index in [0.717, 1.165) is 36.9 Å². The molecule has 1 fully saturated rings. The minimum absolute atomic E-state index is 0.0114. The van der Waals surface area contributed by atoms with Crippen LogP contribution in [-0.4, -0.2) is 26.2 Å². The van der Waals surface area contributed by atoms with E-state index in [1.54, 1.807) is 18.5 Å². The van der Waals surface area contributed by atoms with Crippen molar-refractivity contribution in [2.24, 2.45) is 11.8 Å². The van der Waals surface area contributed by atoms with Crippen molar-refractivity contribution in [3.05, 3.63) is 78.6 Å². The van der Waals surface area contributed by atoms with Crippen molar-refractivity contribution in [2.75, 3.05) is 5.32 Å². The molecule has 2 aromatic heterocycles. The number of hydrogen-bond acceptors (Lipinski definition) is 4. The van der Waals surface area contributed by atoms with Crippen molar-refractivity contribution in [2.45, 2.75) is 45.1 Å². The zero-order chi connectivity index (χ0) is 22.8. The summed E-state index contributed by atoms with van der Waals surface area (Å²) in [5.41, 5.74) is 5.36. The molecule has 1 unspecified atom stereocenters. The number of pyridine rings is 1. The number of carbonyl (C=O) groups excluding carboxylic acids is 2. The number of nitrogens with one attached hydrogen (secondary N) is 1. The number of anilines is 1. The summed E-state index contributed by atoms with van der Waals surface area (Å²) >= 11 is 0. The van der Waals surface area contributed by atoms with Gasteiger partial charge >= 0.3 is 0 Å². The molecule has 33 heavy (non-hydrogen) atoms. The zero-order valence-electron chi connectivity index (χ0n) is 18.8. The predicted octanol–water partition coefficient (Wildman–Crippen LogP) is 5.17. The van der Waals surface area contributed by atoms with Crippen molar-refractivity contribution in [3.8, 4) is 0 Å². The molecule has 2 aliphatic rings. The number of rotatable bonds is 6. The Balaban J connectivity index is 1.24. The lowest BCUT2D eigenvalue weighted by Gasteiger charge is -2.28. The molecular weight excluding hydrogens is 412 g/mol. The largest absolute Gasteiger partial charge is 0.324 e. The van der Waals surface area contributed by atoms with E-state index < -0.39 is 0 Å². The highest BCUT2D eigenvalue weighted by molar-refractivity contribution is 5.96. The molecule has 0 bridgehead atoms. The lowest BCUT2D eigenvalue weighted by molar-refractivity contribution is -0.127. The Kier molecular flexibility index (Phi) is 5.90. The van der Waals surface area contributed by atoms with Crippen LogP contribution in [0.2, 0.25) is 0 Å². The van der Waals surface area contributed by atoms with Crippen molar-refractivity contribution < 1.29 is 9.59 Å². The number of ketones is 1. The standard InChI is InChI=1S/C27H28N4O2/c1-18-24-16-29-17-31(24)23(26(18)20-6-3-2-4-7-20)14-25(32)19-9-11-21(12-10-19)27(33)30-22-8-5-13-28-15-22/h2-8,13,15-17,19,21,23H,9-12,14H2,1H3,(H,30,33)/t19-,21-,23?. The van der Waals surface area contributed by atoms with Gasteiger partial charge in [0.2, 0.25) is 5.91 Å². The second-order valence-corrected chi connectivity index (χ2v) is 9.06. The van der Waals surface area contributed by atoms with Crippen LogP contribution in [0.15, 0.2) is 67.4 Å². The van der Waals surface area contributed by atoms with Gasteiger partial charge in [-0.05, 0) is 61.4 Å². The summed E-state index contributed by atoms with van der Waals surface area (Å²) in [7, 11) is 0. The molecule has 1 aliphatic heterocycles. The fraction of sp³-hybridized carbons (Fsp3) is 0.333. The fourth-order valence-electron chi connectivity index (χ4n) is 5.31. The third kappa shape index (κ3) is 4.25. The lowest BCUT2D eigenvalue weighted by Crippen LogP contribution is -2.30. The number of Topliss-reactive ketones (excluding diaryl/α,β-unsaturated/α-hetero) is 1. The fourth-order valence-corrected chi connectivity index (χ4v) is 5.31. The normalized spacial score (nSPS) is 22.2. The highest BCUT2D eigenvalue weighted by Gasteiger charge is 2.35. The Morgan fingerprint density at radius 1 is 0.970 bits per heavy atom. The topological polar surface area (TPSA) is 76.9 Å². The van der Waals surface area contributed by atoms with Gasteiger partial charge < -0.3 is 9.88 Å². The number of carbonyl (C=O) groups is 2. The van der Waals surface area contributed by atoms with E-state index in [1.807, 2.05) is 36.8 Å². The Bertz CT molecular complexity index is 1180. The van der Waals surface area contributed by atoms with Crippen LogP contribution in [-0.2, 0) is 9.59 Å². The van der Waals surface area contributed by atoms with Gasteiger partial charge in [-0.1, -0.05) is 30.3 Å². The van der Waals surface area contributed by atoms with Gasteiger partial charge in [0.25, 0.3) is 0 Å². The van der Waals surface area contributed by atoms with Gasteiger partial charge in [0.05, 0.1) is 36.1 Å². The first-order chi connectivity index (χ1) is 16.1. The van der Waals surface area contributed by atoms with E-state index >= 15 is 0 Å². The smallest absolute Gasteiger partial charge is 0.227 e. The Hall–Kier alpha value is -3.54. The van der Waals surface area contributed by atoms with Crippen LogP contribution in [0.4, 0.5) is 5.69 Å². The molecule has 1 atom stereocenters. The molecule has 1 amide bonds. The Labute approximate surface area is 193 Å². The summed E-state index contributed by atoms with van der Waals surface area (Å²) < 4.78 is 2.14. The predicted molar refractivity (Wildman–Crippen MR) is 128 cm³/mol. The number of fused-ring (bicyclic) bond motifs is 1. The molecule has 6 nitrogen and oxygen atoms in total. The van der Waals surface area contributed by atoms with Crippen LogP contribution < -0.4 is 5.32 Å². The molecule has 6 heteroatoms. The lowest BCUT2D eigenvalue weighted by atomic mass is 9.78. The molecule has 3 aromatic rings. The monoisotopic (exact) mass is 440 g/mol. The third-order valence-electron chi connectivity index (χ3n) is 7.08. The first-order valence-corrected chi connectivity index (χ1v) is 11.6. The van der Waals surface area contributed by atoms with Gasteiger partial charge in [-0.15, -0.1) is 0 Å². The van der Waals surface area contributed by atoms with Crippen molar-refractivity contribution in [3.63, 3.8) is 0 Å². The van der Waals surface area contributed by atoms with Crippen LogP contribution in [0.1, 0.15) is 56.3 Å². The molecule has 0 spiro atoms. The van der Waals surface area contributed by atoms with Crippen LogP contribution in [0.25, 0.3) is 11.1 Å². The van der Waals surface area contributed by atoms with Gasteiger partial charge in [0.15, 0.2) is 0 Å². The molecule has 0 radical (unpaired) electrons. The van der Waals surface area contributed by atoms with E-state index in [0.29, 0.717) is 12.1 Å². The van der Waals surface area contributed by atoms with Gasteiger partial charge in [-0.2, -0.15) is 0 Å². The van der Waals surface area contributed by atoms with Gasteiger partial charge in [-0.25, -0.2) is 4.98 Å². The second-order valence-electron chi connectivity index (χ2n) is 9.06. The highest BCUT2D eigenvalue weighted by atomic mass is 16.2. The zero-order valence-corrected chi connectivity index (χ0v) is 18.8. The minimum Gasteiger partial charge on any atom is -0.324 e. The summed E-state index contributed by atoms with van der Waals surface area (Å²) in [6.45, 7) is 2.12. The Morgan fingerprint density at radius 3 is 2.45 bits per heavy atom. The second kappa shape index (κ2) is 9.14. The molecule has 5 rings (SSSR count). The van der Waals surface area contributed by atoms with Crippen molar-refractivity contribution in [1.29, 1.82) is 0 Å². The SMILES string of the molecule is CC1=C(c2ccccc2)C(CC(=O)[C@H]2CC[C@H](C(=O)Nc3cccnc3)CC2)n2cncc21. The van der Waals surface area contributed by atoms with Crippen LogP contribution in [0.3, 0.4) is 0 Å². The number of benzene rings is 1. The number of amides is 1. The number of hydrogen-bond donors (Lipinski definition) is 1. The highest BCUT2D eigenvalue weighted by Crippen LogP contribution is 2.44. The maximum atomic E-state index is 13.4. The van der Waals surface area contributed by atoms with Crippen LogP contribution in [0, 0.1) is 11.8 Å². The van der Waals surface area contributed by atoms with E-state index in [9.17, 15) is 9.59 Å². The Morgan fingerprint density at radius 2 is 1.73 bits per heavy atom. The molecule has 1 N–H and O–H groups in total. The van der Waals surface area contributed by atoms with Crippen LogP contribution >= 0.6 is 0 Å². The quantitative estimate of drug-likeness (QED) is 0.574. The summed E-state index contributed by atoms with van der Waals surface area (Å²) in [4.78, 5) is 34.4. The van der Waals surface area contributed by atoms with E-state index in [2.05, 4.69) is 38.9 Å². The molecule has 1 saturated carbocycles. The van der Waals surface area contributed by atoms with E-state index in [4.69, 9.17) is 0 Å². The maximum Gasteiger partial charge on any atom is 0.227 e. The van der Waals surface area contributed by atoms with Gasteiger partial charge in [0.1, 0.15) is 5.78 Å². The summed E-state index contributed by atoms with van der Waals surface area (Å²) in [6, 6.07) is 13.9. The average Bonchev–Trinajstić information content (AvgIpc) is 3.43. The number of aromatic nitrogens is 3. The van der Waals surface area contributed by atoms with Crippen molar-refractivity contribution in [1.82, 2.24) is 14.5 Å². The molecular formula is C27H28N4O2. The molecule has 1 aromatic carbocycles. The molecule has 0 saturated heterocycles. The average molecular weight is 441 g/mol. The maximum absolute atomic E-state index is 13.4. The van der Waals surface area contributed by atoms with E-state index in [1.165, 1.54) is 11.1 Å². The van der Waals surface area contributed by atoms with Gasteiger partial charge in [0, 0.05) is 24.5 Å². The number of imidazole rings is 1. The molecule has 1 aliphatic carbocycles. The number of nitrogens with zero attached hydrogens (tertiary/aromatic N) is 3. The summed E-state index contributed by atoms with van der Waals surface area (Å²) in [5, 5.41) is 2.95. The van der Waals surface area contributed by atoms with E-state index in [-0.39, 0.29) is 29.6 Å². The first-order valence-electron chi connectivity index (χ1n) is 11.6. The van der Waals surface area contributed by atoms with Crippen molar-refractivity contribution >= 4 is 28.5 Å². The molecule has 168 valence electrons. The third-order valence-corrected chi connectivity index (χ3v) is 7.08. The van der Waals surface area contributed by atoms with Gasteiger partial charge in [-0.3, -0.25) is 14.6 Å². The van der Waals surface area contributed by atoms with Crippen LogP contribution in [0.5, 0.6) is 0 Å². The first kappa shape index (κ1) is 21.3. The molecule has 3 heterocycles. The summed E-state index contributed by atoms with van der Waals surface area (Å²) in [5.74, 6) is 0.270. The number of allylic oxidation sites excluding steroid dienone is 2. The summed E-state index contributed by atoms with van der Waals surface area (Å²) in [6.07, 6.45) is 10.5. The minimum atomic E-state index is -0.0528.